The van der Waals surface area contributed by atoms with Gasteiger partial charge in [0.15, 0.2) is 0 Å². The highest BCUT2D eigenvalue weighted by atomic mass is 79.9. The van der Waals surface area contributed by atoms with Crippen LogP contribution in [0.2, 0.25) is 0 Å². The molecule has 0 aliphatic heterocycles. The van der Waals surface area contributed by atoms with E-state index in [9.17, 15) is 0 Å². The Morgan fingerprint density at radius 3 is 2.89 bits per heavy atom. The van der Waals surface area contributed by atoms with Gasteiger partial charge in [-0.1, -0.05) is 13.8 Å². The van der Waals surface area contributed by atoms with Gasteiger partial charge >= 0.3 is 0 Å². The minimum absolute atomic E-state index is 0.0820. The fraction of sp³-hybridized carbons (Fsp3) is 0.750. The van der Waals surface area contributed by atoms with Gasteiger partial charge in [0, 0.05) is 20.3 Å². The number of methoxy groups -OCH3 is 1. The third-order valence-electron chi connectivity index (χ3n) is 2.89. The predicted molar refractivity (Wildman–Crippen MR) is 75.9 cm³/mol. The molecule has 6 heteroatoms. The first-order valence-electron chi connectivity index (χ1n) is 6.30. The SMILES string of the molecule is CCCn1ncc(Br)c1C(CC(C)COC)NN. The second kappa shape index (κ2) is 7.89. The van der Waals surface area contributed by atoms with Crippen LogP contribution < -0.4 is 11.3 Å². The van der Waals surface area contributed by atoms with Crippen molar-refractivity contribution in [2.45, 2.75) is 39.3 Å². The number of nitrogens with zero attached hydrogens (tertiary/aromatic N) is 2. The van der Waals surface area contributed by atoms with Gasteiger partial charge < -0.3 is 4.74 Å². The molecule has 18 heavy (non-hydrogen) atoms. The van der Waals surface area contributed by atoms with Crippen molar-refractivity contribution in [1.29, 1.82) is 0 Å². The fourth-order valence-corrected chi connectivity index (χ4v) is 2.69. The maximum absolute atomic E-state index is 5.69. The van der Waals surface area contributed by atoms with Crippen molar-refractivity contribution in [2.75, 3.05) is 13.7 Å². The van der Waals surface area contributed by atoms with E-state index in [1.54, 1.807) is 7.11 Å². The van der Waals surface area contributed by atoms with Crippen LogP contribution in [-0.2, 0) is 11.3 Å². The van der Waals surface area contributed by atoms with E-state index in [0.717, 1.165) is 36.2 Å². The molecule has 0 aliphatic rings. The summed E-state index contributed by atoms with van der Waals surface area (Å²) in [6.07, 6.45) is 3.79. The lowest BCUT2D eigenvalue weighted by Gasteiger charge is -2.21. The number of aryl methyl sites for hydroxylation is 1. The van der Waals surface area contributed by atoms with E-state index in [1.807, 2.05) is 10.9 Å². The highest BCUT2D eigenvalue weighted by Crippen LogP contribution is 2.27. The Bertz CT molecular complexity index is 356. The second-order valence-electron chi connectivity index (χ2n) is 4.62. The van der Waals surface area contributed by atoms with Crippen LogP contribution in [0.3, 0.4) is 0 Å². The monoisotopic (exact) mass is 318 g/mol. The fourth-order valence-electron chi connectivity index (χ4n) is 2.12. The largest absolute Gasteiger partial charge is 0.384 e. The molecule has 1 rings (SSSR count). The number of nitrogens with two attached hydrogens (primary N) is 1. The normalized spacial score (nSPS) is 14.7. The molecule has 0 aromatic carbocycles. The van der Waals surface area contributed by atoms with Crippen molar-refractivity contribution >= 4 is 15.9 Å². The number of aromatic nitrogens is 2. The van der Waals surface area contributed by atoms with Crippen molar-refractivity contribution in [3.63, 3.8) is 0 Å². The number of nitrogens with one attached hydrogen (secondary N) is 1. The highest BCUT2D eigenvalue weighted by molar-refractivity contribution is 9.10. The van der Waals surface area contributed by atoms with Crippen molar-refractivity contribution in [3.05, 3.63) is 16.4 Å². The molecule has 1 aromatic rings. The van der Waals surface area contributed by atoms with E-state index < -0.39 is 0 Å². The predicted octanol–water partition coefficient (Wildman–Crippen LogP) is 2.23. The average molecular weight is 319 g/mol. The molecule has 0 saturated heterocycles. The lowest BCUT2D eigenvalue weighted by molar-refractivity contribution is 0.148. The summed E-state index contributed by atoms with van der Waals surface area (Å²) < 4.78 is 8.18. The molecule has 1 heterocycles. The molecule has 0 fully saturated rings. The van der Waals surface area contributed by atoms with Crippen molar-refractivity contribution in [1.82, 2.24) is 15.2 Å². The molecule has 5 nitrogen and oxygen atoms in total. The quantitative estimate of drug-likeness (QED) is 0.570. The second-order valence-corrected chi connectivity index (χ2v) is 5.47. The van der Waals surface area contributed by atoms with Crippen LogP contribution in [0, 0.1) is 5.92 Å². The van der Waals surface area contributed by atoms with E-state index in [-0.39, 0.29) is 6.04 Å². The number of rotatable bonds is 8. The van der Waals surface area contributed by atoms with Gasteiger partial charge in [-0.3, -0.25) is 16.0 Å². The maximum Gasteiger partial charge on any atom is 0.0709 e. The molecule has 0 bridgehead atoms. The highest BCUT2D eigenvalue weighted by Gasteiger charge is 2.21. The van der Waals surface area contributed by atoms with Crippen LogP contribution in [0.25, 0.3) is 0 Å². The molecule has 1 aromatic heterocycles. The van der Waals surface area contributed by atoms with E-state index in [0.29, 0.717) is 5.92 Å². The minimum Gasteiger partial charge on any atom is -0.384 e. The third kappa shape index (κ3) is 4.05. The molecule has 0 spiro atoms. The van der Waals surface area contributed by atoms with Gasteiger partial charge in [0.2, 0.25) is 0 Å². The van der Waals surface area contributed by atoms with Crippen LogP contribution >= 0.6 is 15.9 Å². The summed E-state index contributed by atoms with van der Waals surface area (Å²) in [5.74, 6) is 6.13. The summed E-state index contributed by atoms with van der Waals surface area (Å²) in [6, 6.07) is 0.0820. The topological polar surface area (TPSA) is 65.1 Å². The first-order chi connectivity index (χ1) is 8.63. The number of halogens is 1. The standard InChI is InChI=1S/C12H23BrN4O/c1-4-5-17-12(10(13)7-15-17)11(16-14)6-9(2)8-18-3/h7,9,11,16H,4-6,8,14H2,1-3H3. The summed E-state index contributed by atoms with van der Waals surface area (Å²) in [7, 11) is 1.72. The van der Waals surface area contributed by atoms with E-state index in [4.69, 9.17) is 10.6 Å². The first kappa shape index (κ1) is 15.6. The molecule has 0 saturated carbocycles. The molecule has 0 amide bonds. The van der Waals surface area contributed by atoms with Crippen LogP contribution in [0.4, 0.5) is 0 Å². The van der Waals surface area contributed by atoms with Crippen molar-refractivity contribution in [3.8, 4) is 0 Å². The summed E-state index contributed by atoms with van der Waals surface area (Å²) in [6.45, 7) is 5.93. The van der Waals surface area contributed by atoms with Gasteiger partial charge in [-0.15, -0.1) is 0 Å². The van der Waals surface area contributed by atoms with Gasteiger partial charge in [-0.05, 0) is 34.7 Å². The van der Waals surface area contributed by atoms with Gasteiger partial charge in [0.05, 0.1) is 22.4 Å². The Hall–Kier alpha value is -0.430. The maximum atomic E-state index is 5.69. The van der Waals surface area contributed by atoms with Crippen LogP contribution in [0.15, 0.2) is 10.7 Å². The van der Waals surface area contributed by atoms with Crippen LogP contribution in [0.5, 0.6) is 0 Å². The average Bonchev–Trinajstić information content (AvgIpc) is 2.69. The summed E-state index contributed by atoms with van der Waals surface area (Å²) in [5, 5.41) is 4.37. The van der Waals surface area contributed by atoms with E-state index >= 15 is 0 Å². The molecular weight excluding hydrogens is 296 g/mol. The summed E-state index contributed by atoms with van der Waals surface area (Å²) in [4.78, 5) is 0. The van der Waals surface area contributed by atoms with Crippen molar-refractivity contribution in [2.24, 2.45) is 11.8 Å². The first-order valence-corrected chi connectivity index (χ1v) is 7.09. The smallest absolute Gasteiger partial charge is 0.0709 e. The lowest BCUT2D eigenvalue weighted by atomic mass is 10.0. The van der Waals surface area contributed by atoms with Crippen LogP contribution in [-0.4, -0.2) is 23.5 Å². The van der Waals surface area contributed by atoms with Crippen molar-refractivity contribution < 1.29 is 4.74 Å². The zero-order valence-corrected chi connectivity index (χ0v) is 12.9. The third-order valence-corrected chi connectivity index (χ3v) is 3.50. The molecule has 2 atom stereocenters. The Morgan fingerprint density at radius 1 is 1.61 bits per heavy atom. The molecule has 0 radical (unpaired) electrons. The number of hydrogen-bond donors (Lipinski definition) is 2. The Balaban J connectivity index is 2.83. The molecule has 2 unspecified atom stereocenters. The van der Waals surface area contributed by atoms with Gasteiger partial charge in [0.1, 0.15) is 0 Å². The summed E-state index contributed by atoms with van der Waals surface area (Å²) >= 11 is 3.55. The number of hydrazine groups is 1. The zero-order valence-electron chi connectivity index (χ0n) is 11.3. The number of ether oxygens (including phenoxy) is 1. The summed E-state index contributed by atoms with van der Waals surface area (Å²) in [5.41, 5.74) is 4.00. The Morgan fingerprint density at radius 2 is 2.33 bits per heavy atom. The number of hydrogen-bond acceptors (Lipinski definition) is 4. The van der Waals surface area contributed by atoms with Gasteiger partial charge in [-0.25, -0.2) is 0 Å². The van der Waals surface area contributed by atoms with Gasteiger partial charge in [0.25, 0.3) is 0 Å². The Labute approximate surface area is 117 Å². The minimum atomic E-state index is 0.0820. The van der Waals surface area contributed by atoms with Gasteiger partial charge in [-0.2, -0.15) is 5.10 Å². The molecule has 3 N–H and O–H groups in total. The molecule has 104 valence electrons. The van der Waals surface area contributed by atoms with E-state index in [1.165, 1.54) is 0 Å². The van der Waals surface area contributed by atoms with E-state index in [2.05, 4.69) is 40.3 Å². The lowest BCUT2D eigenvalue weighted by Crippen LogP contribution is -2.32. The molecular formula is C12H23BrN4O. The molecule has 0 aliphatic carbocycles. The Kier molecular flexibility index (Phi) is 6.85. The zero-order chi connectivity index (χ0) is 13.5. The van der Waals surface area contributed by atoms with Crippen LogP contribution in [0.1, 0.15) is 38.4 Å².